The van der Waals surface area contributed by atoms with Gasteiger partial charge in [-0.15, -0.1) is 0 Å². The highest BCUT2D eigenvalue weighted by Crippen LogP contribution is 2.37. The lowest BCUT2D eigenvalue weighted by Crippen LogP contribution is -2.27. The zero-order chi connectivity index (χ0) is 27.1. The molecule has 7 heteroatoms. The van der Waals surface area contributed by atoms with Crippen LogP contribution in [0.15, 0.2) is 71.6 Å². The highest BCUT2D eigenvalue weighted by molar-refractivity contribution is 8.27. The van der Waals surface area contributed by atoms with E-state index in [9.17, 15) is 4.79 Å². The maximum atomic E-state index is 13.1. The van der Waals surface area contributed by atoms with Gasteiger partial charge in [0.25, 0.3) is 5.91 Å². The summed E-state index contributed by atoms with van der Waals surface area (Å²) in [6.07, 6.45) is 2.58. The Labute approximate surface area is 234 Å². The van der Waals surface area contributed by atoms with E-state index in [0.717, 1.165) is 23.4 Å². The number of hydrogen-bond donors (Lipinski definition) is 0. The largest absolute Gasteiger partial charge is 0.493 e. The lowest BCUT2D eigenvalue weighted by Gasteiger charge is -2.16. The second-order valence-corrected chi connectivity index (χ2v) is 10.9. The first-order chi connectivity index (χ1) is 18.4. The Bertz CT molecular complexity index is 1320. The second kappa shape index (κ2) is 13.0. The van der Waals surface area contributed by atoms with E-state index in [1.165, 1.54) is 22.9 Å². The summed E-state index contributed by atoms with van der Waals surface area (Å²) in [6, 6.07) is 21.5. The van der Waals surface area contributed by atoms with Crippen LogP contribution in [-0.2, 0) is 4.79 Å². The summed E-state index contributed by atoms with van der Waals surface area (Å²) in [5.74, 6) is 2.52. The van der Waals surface area contributed by atoms with E-state index in [0.29, 0.717) is 46.5 Å². The molecule has 0 aliphatic carbocycles. The quantitative estimate of drug-likeness (QED) is 0.139. The maximum absolute atomic E-state index is 13.1. The monoisotopic (exact) mass is 547 g/mol. The highest BCUT2D eigenvalue weighted by atomic mass is 32.2. The summed E-state index contributed by atoms with van der Waals surface area (Å²) in [5.41, 5.74) is 4.01. The van der Waals surface area contributed by atoms with Crippen LogP contribution >= 0.6 is 24.0 Å². The average Bonchev–Trinajstić information content (AvgIpc) is 3.17. The molecule has 1 amide bonds. The van der Waals surface area contributed by atoms with Crippen molar-refractivity contribution in [3.63, 3.8) is 0 Å². The Morgan fingerprint density at radius 1 is 0.921 bits per heavy atom. The smallest absolute Gasteiger partial charge is 0.270 e. The highest BCUT2D eigenvalue weighted by Gasteiger charge is 2.33. The maximum Gasteiger partial charge on any atom is 0.270 e. The summed E-state index contributed by atoms with van der Waals surface area (Å²) >= 11 is 6.78. The van der Waals surface area contributed by atoms with Crippen molar-refractivity contribution >= 4 is 46.0 Å². The number of hydrogen-bond acceptors (Lipinski definition) is 6. The third-order valence-electron chi connectivity index (χ3n) is 5.97. The molecule has 3 aromatic carbocycles. The van der Waals surface area contributed by atoms with Crippen LogP contribution in [0.25, 0.3) is 6.08 Å². The van der Waals surface area contributed by atoms with Crippen molar-refractivity contribution in [3.05, 3.63) is 88.3 Å². The van der Waals surface area contributed by atoms with Crippen molar-refractivity contribution in [1.82, 2.24) is 0 Å². The zero-order valence-corrected chi connectivity index (χ0v) is 23.9. The van der Waals surface area contributed by atoms with Crippen LogP contribution in [0.3, 0.4) is 0 Å². The first kappa shape index (κ1) is 27.7. The Kier molecular flexibility index (Phi) is 9.48. The number of benzene rings is 3. The fourth-order valence-corrected chi connectivity index (χ4v) is 5.39. The van der Waals surface area contributed by atoms with E-state index >= 15 is 0 Å². The van der Waals surface area contributed by atoms with Crippen molar-refractivity contribution in [3.8, 4) is 17.2 Å². The number of carbonyl (C=O) groups is 1. The molecule has 3 aromatic rings. The van der Waals surface area contributed by atoms with Crippen LogP contribution in [0, 0.1) is 6.92 Å². The van der Waals surface area contributed by atoms with Gasteiger partial charge in [-0.25, -0.2) is 0 Å². The molecule has 1 saturated heterocycles. The number of thioether (sulfide) groups is 1. The SMILES string of the molecule is CCOc1cc(C=C2SC(=S)N(c3ccccc3)C2=O)ccc1OCCCOc1cc(C)ccc1C(C)C. The van der Waals surface area contributed by atoms with Crippen LogP contribution in [0.2, 0.25) is 0 Å². The first-order valence-electron chi connectivity index (χ1n) is 12.8. The minimum absolute atomic E-state index is 0.126. The molecule has 0 saturated carbocycles. The van der Waals surface area contributed by atoms with Gasteiger partial charge in [0, 0.05) is 6.42 Å². The number of thiocarbonyl (C=S) groups is 1. The predicted octanol–water partition coefficient (Wildman–Crippen LogP) is 7.77. The van der Waals surface area contributed by atoms with Gasteiger partial charge in [-0.3, -0.25) is 9.69 Å². The Hall–Kier alpha value is -3.29. The third kappa shape index (κ3) is 6.77. The number of aryl methyl sites for hydroxylation is 1. The van der Waals surface area contributed by atoms with Gasteiger partial charge in [0.1, 0.15) is 5.75 Å². The number of carbonyl (C=O) groups excluding carboxylic acids is 1. The minimum atomic E-state index is -0.126. The number of ether oxygens (including phenoxy) is 3. The normalized spacial score (nSPS) is 14.4. The molecule has 5 nitrogen and oxygen atoms in total. The van der Waals surface area contributed by atoms with Crippen molar-refractivity contribution < 1.29 is 19.0 Å². The van der Waals surface area contributed by atoms with E-state index in [1.54, 1.807) is 4.90 Å². The molecule has 0 atom stereocenters. The summed E-state index contributed by atoms with van der Waals surface area (Å²) < 4.78 is 18.5. The molecule has 0 bridgehead atoms. The molecule has 198 valence electrons. The molecule has 1 fully saturated rings. The number of nitrogens with zero attached hydrogens (tertiary/aromatic N) is 1. The number of rotatable bonds is 11. The molecule has 1 heterocycles. The Balaban J connectivity index is 1.39. The van der Waals surface area contributed by atoms with Crippen LogP contribution in [0.1, 0.15) is 49.8 Å². The zero-order valence-electron chi connectivity index (χ0n) is 22.2. The third-order valence-corrected chi connectivity index (χ3v) is 7.27. The molecule has 0 unspecified atom stereocenters. The molecule has 1 aliphatic rings. The molecule has 0 radical (unpaired) electrons. The standard InChI is InChI=1S/C31H33NO4S2/c1-5-34-28-19-23(20-29-30(33)32(31(37)38-29)24-10-7-6-8-11-24)13-15-26(28)35-16-9-17-36-27-18-22(4)12-14-25(27)21(2)3/h6-8,10-15,18-21H,5,9,16-17H2,1-4H3. The molecular formula is C31H33NO4S2. The average molecular weight is 548 g/mol. The van der Waals surface area contributed by atoms with E-state index in [4.69, 9.17) is 26.4 Å². The topological polar surface area (TPSA) is 48.0 Å². The predicted molar refractivity (Wildman–Crippen MR) is 161 cm³/mol. The van der Waals surface area contributed by atoms with E-state index in [1.807, 2.05) is 61.5 Å². The van der Waals surface area contributed by atoms with Crippen molar-refractivity contribution in [2.45, 2.75) is 40.0 Å². The van der Waals surface area contributed by atoms with E-state index < -0.39 is 0 Å². The van der Waals surface area contributed by atoms with Gasteiger partial charge < -0.3 is 14.2 Å². The fraction of sp³-hybridized carbons (Fsp3) is 0.290. The van der Waals surface area contributed by atoms with Gasteiger partial charge in [0.2, 0.25) is 0 Å². The Morgan fingerprint density at radius 2 is 1.66 bits per heavy atom. The molecule has 38 heavy (non-hydrogen) atoms. The summed E-state index contributed by atoms with van der Waals surface area (Å²) in [6.45, 7) is 9.92. The number of anilines is 1. The van der Waals surface area contributed by atoms with Crippen LogP contribution in [0.4, 0.5) is 5.69 Å². The van der Waals surface area contributed by atoms with Crippen LogP contribution < -0.4 is 19.1 Å². The van der Waals surface area contributed by atoms with E-state index in [-0.39, 0.29) is 5.91 Å². The van der Waals surface area contributed by atoms with Gasteiger partial charge in [-0.1, -0.05) is 74.2 Å². The lowest BCUT2D eigenvalue weighted by atomic mass is 10.0. The summed E-state index contributed by atoms with van der Waals surface area (Å²) in [4.78, 5) is 15.2. The fourth-order valence-electron chi connectivity index (χ4n) is 4.09. The molecule has 0 aromatic heterocycles. The molecule has 0 N–H and O–H groups in total. The Morgan fingerprint density at radius 3 is 2.37 bits per heavy atom. The van der Waals surface area contributed by atoms with Gasteiger partial charge >= 0.3 is 0 Å². The van der Waals surface area contributed by atoms with Gasteiger partial charge in [0.05, 0.1) is 30.4 Å². The molecule has 1 aliphatic heterocycles. The van der Waals surface area contributed by atoms with Gasteiger partial charge in [-0.05, 0) is 72.9 Å². The van der Waals surface area contributed by atoms with Crippen molar-refractivity contribution in [2.24, 2.45) is 0 Å². The second-order valence-electron chi connectivity index (χ2n) is 9.24. The first-order valence-corrected chi connectivity index (χ1v) is 14.1. The van der Waals surface area contributed by atoms with Gasteiger partial charge in [0.15, 0.2) is 15.8 Å². The minimum Gasteiger partial charge on any atom is -0.493 e. The van der Waals surface area contributed by atoms with Crippen molar-refractivity contribution in [2.75, 3.05) is 24.7 Å². The van der Waals surface area contributed by atoms with E-state index in [2.05, 4.69) is 39.0 Å². The lowest BCUT2D eigenvalue weighted by molar-refractivity contribution is -0.113. The summed E-state index contributed by atoms with van der Waals surface area (Å²) in [5, 5.41) is 0. The molecule has 4 rings (SSSR count). The number of para-hydroxylation sites is 1. The number of amides is 1. The van der Waals surface area contributed by atoms with Crippen LogP contribution in [-0.4, -0.2) is 30.0 Å². The van der Waals surface area contributed by atoms with Crippen molar-refractivity contribution in [1.29, 1.82) is 0 Å². The van der Waals surface area contributed by atoms with Crippen LogP contribution in [0.5, 0.6) is 17.2 Å². The molecule has 0 spiro atoms. The molecular weight excluding hydrogens is 514 g/mol. The van der Waals surface area contributed by atoms with Gasteiger partial charge in [-0.2, -0.15) is 0 Å². The summed E-state index contributed by atoms with van der Waals surface area (Å²) in [7, 11) is 0.